The molecule has 0 spiro atoms. The maximum absolute atomic E-state index is 14.3. The topological polar surface area (TPSA) is 118 Å². The first-order valence-corrected chi connectivity index (χ1v) is 13.6. The Kier molecular flexibility index (Phi) is 7.20. The van der Waals surface area contributed by atoms with Crippen LogP contribution in [0.15, 0.2) is 36.4 Å². The van der Waals surface area contributed by atoms with Gasteiger partial charge in [-0.05, 0) is 80.5 Å². The summed E-state index contributed by atoms with van der Waals surface area (Å²) in [5.74, 6) is -0.980. The molecule has 1 aliphatic carbocycles. The van der Waals surface area contributed by atoms with Gasteiger partial charge < -0.3 is 21.7 Å². The average molecular weight is 534 g/mol. The number of carbonyl (C=O) groups is 3. The number of benzene rings is 2. The van der Waals surface area contributed by atoms with Crippen molar-refractivity contribution in [2.75, 3.05) is 18.9 Å². The van der Waals surface area contributed by atoms with E-state index in [0.29, 0.717) is 36.2 Å². The molecule has 39 heavy (non-hydrogen) atoms. The maximum atomic E-state index is 14.3. The number of primary amides is 1. The number of nitrogens with one attached hydrogen (secondary N) is 3. The first-order chi connectivity index (χ1) is 18.6. The minimum atomic E-state index is -0.529. The molecule has 2 aromatic carbocycles. The highest BCUT2D eigenvalue weighted by Crippen LogP contribution is 2.43. The minimum absolute atomic E-state index is 0.0118. The van der Waals surface area contributed by atoms with E-state index in [2.05, 4.69) is 29.8 Å². The van der Waals surface area contributed by atoms with Crippen molar-refractivity contribution < 1.29 is 18.8 Å². The van der Waals surface area contributed by atoms with E-state index in [0.717, 1.165) is 47.9 Å². The van der Waals surface area contributed by atoms with Crippen molar-refractivity contribution in [3.05, 3.63) is 53.5 Å². The predicted octanol–water partition coefficient (Wildman–Crippen LogP) is 4.22. The van der Waals surface area contributed by atoms with Crippen LogP contribution in [0, 0.1) is 11.2 Å². The van der Waals surface area contributed by atoms with E-state index in [-0.39, 0.29) is 29.3 Å². The van der Waals surface area contributed by atoms with Crippen LogP contribution in [0.5, 0.6) is 0 Å². The van der Waals surface area contributed by atoms with Crippen molar-refractivity contribution in [1.29, 1.82) is 0 Å². The molecule has 5 rings (SSSR count). The number of anilines is 1. The SMILES string of the molecule is CNCC(=O)N[C@H]1CC[C@H](Nc2cc(-c3c4n(c5cc(F)ccc35)C(=O)CC(C)(C)C4)ccc2C(N)=O)CC1. The molecule has 9 heteroatoms. The summed E-state index contributed by atoms with van der Waals surface area (Å²) in [5, 5.41) is 10.3. The molecule has 2 amide bonds. The number of aromatic nitrogens is 1. The number of nitrogens with zero attached hydrogens (tertiary/aromatic N) is 1. The highest BCUT2D eigenvalue weighted by Gasteiger charge is 2.35. The monoisotopic (exact) mass is 533 g/mol. The van der Waals surface area contributed by atoms with Crippen LogP contribution in [0.3, 0.4) is 0 Å². The van der Waals surface area contributed by atoms with Crippen molar-refractivity contribution in [2.24, 2.45) is 11.1 Å². The van der Waals surface area contributed by atoms with Crippen LogP contribution in [0.4, 0.5) is 10.1 Å². The Morgan fingerprint density at radius 1 is 1.05 bits per heavy atom. The number of hydrogen-bond acceptors (Lipinski definition) is 5. The first kappa shape index (κ1) is 26.9. The second kappa shape index (κ2) is 10.4. The first-order valence-electron chi connectivity index (χ1n) is 13.6. The molecule has 1 saturated carbocycles. The number of carbonyl (C=O) groups excluding carboxylic acids is 3. The van der Waals surface area contributed by atoms with Crippen LogP contribution < -0.4 is 21.7 Å². The third kappa shape index (κ3) is 5.41. The van der Waals surface area contributed by atoms with E-state index in [9.17, 15) is 18.8 Å². The molecule has 0 atom stereocenters. The maximum Gasteiger partial charge on any atom is 0.250 e. The fraction of sp³-hybridized carbons (Fsp3) is 0.433. The van der Waals surface area contributed by atoms with Gasteiger partial charge in [-0.2, -0.15) is 0 Å². The Balaban J connectivity index is 1.49. The largest absolute Gasteiger partial charge is 0.382 e. The summed E-state index contributed by atoms with van der Waals surface area (Å²) >= 11 is 0. The Morgan fingerprint density at radius 3 is 2.46 bits per heavy atom. The zero-order chi connectivity index (χ0) is 27.9. The molecule has 1 fully saturated rings. The van der Waals surface area contributed by atoms with Crippen molar-refractivity contribution in [3.8, 4) is 11.1 Å². The number of hydrogen-bond donors (Lipinski definition) is 4. The summed E-state index contributed by atoms with van der Waals surface area (Å²) in [7, 11) is 1.74. The standard InChI is InChI=1S/C30H36FN5O3/c1-30(2)14-25-28(22-11-5-18(31)13-24(22)36(25)27(38)15-30)17-4-10-21(29(32)39)23(12-17)34-19-6-8-20(9-7-19)35-26(37)16-33-3/h4-5,10-13,19-20,33-34H,6-9,14-16H2,1-3H3,(H2,32,39)(H,35,37)/t19-,20-. The van der Waals surface area contributed by atoms with Gasteiger partial charge >= 0.3 is 0 Å². The summed E-state index contributed by atoms with van der Waals surface area (Å²) in [6.07, 6.45) is 4.37. The van der Waals surface area contributed by atoms with E-state index < -0.39 is 11.7 Å². The highest BCUT2D eigenvalue weighted by molar-refractivity contribution is 6.06. The lowest BCUT2D eigenvalue weighted by Gasteiger charge is -2.31. The third-order valence-electron chi connectivity index (χ3n) is 7.92. The van der Waals surface area contributed by atoms with Gasteiger partial charge in [-0.25, -0.2) is 4.39 Å². The Hall–Kier alpha value is -3.72. The van der Waals surface area contributed by atoms with Gasteiger partial charge in [-0.15, -0.1) is 0 Å². The Bertz CT molecular complexity index is 1450. The second-order valence-electron chi connectivity index (χ2n) is 11.6. The number of halogens is 1. The number of likely N-dealkylation sites (N-methyl/N-ethyl adjacent to an activating group) is 1. The number of amides is 2. The molecule has 0 saturated heterocycles. The lowest BCUT2D eigenvalue weighted by atomic mass is 9.80. The highest BCUT2D eigenvalue weighted by atomic mass is 19.1. The number of rotatable bonds is 7. The van der Waals surface area contributed by atoms with Crippen LogP contribution in [-0.4, -0.2) is 48.0 Å². The zero-order valence-corrected chi connectivity index (χ0v) is 22.7. The normalized spacial score (nSPS) is 20.5. The lowest BCUT2D eigenvalue weighted by Crippen LogP contribution is -2.43. The Labute approximate surface area is 227 Å². The van der Waals surface area contributed by atoms with Gasteiger partial charge in [0, 0.05) is 40.8 Å². The van der Waals surface area contributed by atoms with Gasteiger partial charge in [0.2, 0.25) is 11.8 Å². The van der Waals surface area contributed by atoms with Crippen LogP contribution in [0.2, 0.25) is 0 Å². The van der Waals surface area contributed by atoms with E-state index in [4.69, 9.17) is 5.73 Å². The van der Waals surface area contributed by atoms with Crippen molar-refractivity contribution in [1.82, 2.24) is 15.2 Å². The van der Waals surface area contributed by atoms with Gasteiger partial charge in [0.25, 0.3) is 5.91 Å². The molecule has 8 nitrogen and oxygen atoms in total. The Morgan fingerprint density at radius 2 is 1.77 bits per heavy atom. The fourth-order valence-electron chi connectivity index (χ4n) is 6.17. The number of fused-ring (bicyclic) bond motifs is 3. The molecule has 0 bridgehead atoms. The van der Waals surface area contributed by atoms with E-state index in [1.54, 1.807) is 23.7 Å². The van der Waals surface area contributed by atoms with Crippen molar-refractivity contribution >= 4 is 34.3 Å². The molecule has 2 aliphatic rings. The van der Waals surface area contributed by atoms with E-state index in [1.165, 1.54) is 12.1 Å². The summed E-state index contributed by atoms with van der Waals surface area (Å²) in [6.45, 7) is 4.43. The molecular weight excluding hydrogens is 497 g/mol. The molecule has 0 unspecified atom stereocenters. The molecule has 3 aromatic rings. The molecule has 1 aromatic heterocycles. The average Bonchev–Trinajstić information content (AvgIpc) is 3.17. The molecular formula is C30H36FN5O3. The fourth-order valence-corrected chi connectivity index (χ4v) is 6.17. The zero-order valence-electron chi connectivity index (χ0n) is 22.7. The molecule has 1 aliphatic heterocycles. The molecule has 5 N–H and O–H groups in total. The summed E-state index contributed by atoms with van der Waals surface area (Å²) < 4.78 is 16.0. The summed E-state index contributed by atoms with van der Waals surface area (Å²) in [6, 6.07) is 10.3. The van der Waals surface area contributed by atoms with Crippen LogP contribution in [-0.2, 0) is 11.2 Å². The van der Waals surface area contributed by atoms with E-state index in [1.807, 2.05) is 12.1 Å². The van der Waals surface area contributed by atoms with Gasteiger partial charge in [-0.3, -0.25) is 19.0 Å². The lowest BCUT2D eigenvalue weighted by molar-refractivity contribution is -0.121. The summed E-state index contributed by atoms with van der Waals surface area (Å²) in [5.41, 5.74) is 9.67. The van der Waals surface area contributed by atoms with Gasteiger partial charge in [0.15, 0.2) is 0 Å². The predicted molar refractivity (Wildman–Crippen MR) is 150 cm³/mol. The van der Waals surface area contributed by atoms with Crippen LogP contribution >= 0.6 is 0 Å². The second-order valence-corrected chi connectivity index (χ2v) is 11.6. The third-order valence-corrected chi connectivity index (χ3v) is 7.92. The van der Waals surface area contributed by atoms with E-state index >= 15 is 0 Å². The van der Waals surface area contributed by atoms with Gasteiger partial charge in [0.1, 0.15) is 5.82 Å². The van der Waals surface area contributed by atoms with Crippen LogP contribution in [0.1, 0.15) is 66.8 Å². The quantitative estimate of drug-likeness (QED) is 0.363. The van der Waals surface area contributed by atoms with Gasteiger partial charge in [0.05, 0.1) is 17.6 Å². The van der Waals surface area contributed by atoms with Crippen molar-refractivity contribution in [3.63, 3.8) is 0 Å². The van der Waals surface area contributed by atoms with Crippen molar-refractivity contribution in [2.45, 2.75) is 64.5 Å². The van der Waals surface area contributed by atoms with Gasteiger partial charge in [-0.1, -0.05) is 19.9 Å². The van der Waals surface area contributed by atoms with Crippen LogP contribution in [0.25, 0.3) is 22.0 Å². The molecule has 2 heterocycles. The number of nitrogens with two attached hydrogens (primary N) is 1. The molecule has 0 radical (unpaired) electrons. The molecule has 206 valence electrons. The summed E-state index contributed by atoms with van der Waals surface area (Å²) in [4.78, 5) is 37.5. The minimum Gasteiger partial charge on any atom is -0.382 e. The smallest absolute Gasteiger partial charge is 0.250 e.